The average molecular weight is 132 g/mol. The summed E-state index contributed by atoms with van der Waals surface area (Å²) in [6, 6.07) is 0. The molecule has 0 rings (SSSR count). The molecule has 0 aliphatic rings. The number of aliphatic hydroxyl groups is 1. The van der Waals surface area contributed by atoms with Gasteiger partial charge in [0.15, 0.2) is 0 Å². The Morgan fingerprint density at radius 3 is 2.78 bits per heavy atom. The average Bonchev–Trinajstić information content (AvgIpc) is 1.85. The van der Waals surface area contributed by atoms with Crippen LogP contribution in [-0.4, -0.2) is 30.7 Å². The summed E-state index contributed by atoms with van der Waals surface area (Å²) in [5.74, 6) is -0.150. The molecule has 0 fully saturated rings. The predicted octanol–water partition coefficient (Wildman–Crippen LogP) is -1.56. The Balaban J connectivity index is 3.06. The molecule has 0 saturated carbocycles. The molecule has 0 aliphatic carbocycles. The molecule has 0 unspecified atom stereocenters. The Bertz CT molecular complexity index is 85.0. The van der Waals surface area contributed by atoms with E-state index in [9.17, 15) is 4.79 Å². The van der Waals surface area contributed by atoms with Crippen molar-refractivity contribution in [3.8, 4) is 0 Å². The number of carbonyl (C=O) groups excluding carboxylic acids is 1. The topological polar surface area (TPSA) is 75.3 Å². The fourth-order valence-electron chi connectivity index (χ4n) is 0.402. The van der Waals surface area contributed by atoms with Gasteiger partial charge in [-0.15, -0.1) is 0 Å². The fraction of sp³-hybridized carbons (Fsp3) is 0.800. The first kappa shape index (κ1) is 8.39. The van der Waals surface area contributed by atoms with E-state index in [1.165, 1.54) is 0 Å². The summed E-state index contributed by atoms with van der Waals surface area (Å²) in [6.07, 6.45) is 0.167. The molecule has 0 aromatic carbocycles. The zero-order valence-corrected chi connectivity index (χ0v) is 5.26. The third-order valence-electron chi connectivity index (χ3n) is 0.805. The third kappa shape index (κ3) is 5.26. The zero-order chi connectivity index (χ0) is 7.11. The fourth-order valence-corrected chi connectivity index (χ4v) is 0.402. The van der Waals surface area contributed by atoms with Gasteiger partial charge < -0.3 is 16.2 Å². The number of carbonyl (C=O) groups is 1. The smallest absolute Gasteiger partial charge is 0.222 e. The lowest BCUT2D eigenvalue weighted by Gasteiger charge is -1.99. The van der Waals surface area contributed by atoms with Crippen LogP contribution >= 0.6 is 0 Å². The molecule has 0 saturated heterocycles. The van der Waals surface area contributed by atoms with E-state index in [4.69, 9.17) is 10.8 Å². The van der Waals surface area contributed by atoms with E-state index in [-0.39, 0.29) is 18.9 Å². The Morgan fingerprint density at radius 2 is 2.33 bits per heavy atom. The van der Waals surface area contributed by atoms with Gasteiger partial charge in [0.1, 0.15) is 0 Å². The Kier molecular flexibility index (Phi) is 5.15. The molecule has 0 aliphatic heterocycles. The molecule has 4 nitrogen and oxygen atoms in total. The van der Waals surface area contributed by atoms with Crippen LogP contribution in [0.25, 0.3) is 0 Å². The van der Waals surface area contributed by atoms with Gasteiger partial charge in [-0.3, -0.25) is 4.79 Å². The van der Waals surface area contributed by atoms with E-state index in [1.54, 1.807) is 0 Å². The number of nitrogens with two attached hydrogens (primary N) is 1. The largest absolute Gasteiger partial charge is 0.396 e. The van der Waals surface area contributed by atoms with Crippen molar-refractivity contribution in [2.24, 2.45) is 5.73 Å². The second kappa shape index (κ2) is 5.53. The van der Waals surface area contributed by atoms with Gasteiger partial charge in [-0.05, 0) is 0 Å². The van der Waals surface area contributed by atoms with Gasteiger partial charge in [0.25, 0.3) is 0 Å². The highest BCUT2D eigenvalue weighted by molar-refractivity contribution is 5.75. The molecule has 0 heterocycles. The molecule has 0 atom stereocenters. The van der Waals surface area contributed by atoms with Crippen molar-refractivity contribution >= 4 is 5.91 Å². The van der Waals surface area contributed by atoms with Crippen molar-refractivity contribution in [2.45, 2.75) is 6.42 Å². The van der Waals surface area contributed by atoms with Crippen LogP contribution < -0.4 is 11.1 Å². The summed E-state index contributed by atoms with van der Waals surface area (Å²) >= 11 is 0. The normalized spacial score (nSPS) is 9.11. The minimum absolute atomic E-state index is 0.101. The van der Waals surface area contributed by atoms with Crippen LogP contribution in [0.3, 0.4) is 0 Å². The lowest BCUT2D eigenvalue weighted by molar-refractivity contribution is -0.121. The van der Waals surface area contributed by atoms with Crippen molar-refractivity contribution in [1.82, 2.24) is 5.32 Å². The molecule has 0 bridgehead atoms. The first-order valence-electron chi connectivity index (χ1n) is 2.89. The number of nitrogens with one attached hydrogen (secondary N) is 1. The summed E-state index contributed by atoms with van der Waals surface area (Å²) in [4.78, 5) is 10.5. The molecule has 0 aromatic rings. The van der Waals surface area contributed by atoms with Crippen LogP contribution in [0.5, 0.6) is 0 Å². The van der Waals surface area contributed by atoms with Crippen LogP contribution in [0, 0.1) is 0 Å². The van der Waals surface area contributed by atoms with E-state index in [0.717, 1.165) is 0 Å². The number of hydrogen-bond acceptors (Lipinski definition) is 3. The van der Waals surface area contributed by atoms with Gasteiger partial charge in [0, 0.05) is 19.5 Å². The summed E-state index contributed by atoms with van der Waals surface area (Å²) in [6.45, 7) is 0.826. The van der Waals surface area contributed by atoms with Crippen LogP contribution in [0.15, 0.2) is 0 Å². The maximum atomic E-state index is 10.5. The highest BCUT2D eigenvalue weighted by Gasteiger charge is 1.95. The van der Waals surface area contributed by atoms with Crippen molar-refractivity contribution in [3.63, 3.8) is 0 Å². The molecular formula is C5H12N2O2. The predicted molar refractivity (Wildman–Crippen MR) is 33.8 cm³/mol. The maximum Gasteiger partial charge on any atom is 0.222 e. The van der Waals surface area contributed by atoms with Crippen molar-refractivity contribution < 1.29 is 9.90 Å². The van der Waals surface area contributed by atoms with Gasteiger partial charge in [0.05, 0.1) is 6.61 Å². The Labute approximate surface area is 54.0 Å². The van der Waals surface area contributed by atoms with Crippen LogP contribution in [-0.2, 0) is 4.79 Å². The van der Waals surface area contributed by atoms with Crippen molar-refractivity contribution in [2.75, 3.05) is 19.7 Å². The lowest BCUT2D eigenvalue weighted by Crippen LogP contribution is -2.29. The zero-order valence-electron chi connectivity index (χ0n) is 5.26. The van der Waals surface area contributed by atoms with Crippen molar-refractivity contribution in [3.05, 3.63) is 0 Å². The molecule has 0 aromatic heterocycles. The van der Waals surface area contributed by atoms with Gasteiger partial charge >= 0.3 is 0 Å². The molecule has 4 N–H and O–H groups in total. The minimum Gasteiger partial charge on any atom is -0.396 e. The standard InChI is InChI=1S/C5H12N2O2/c6-2-3-7-5(9)1-4-8/h8H,1-4,6H2,(H,7,9). The molecule has 9 heavy (non-hydrogen) atoms. The van der Waals surface area contributed by atoms with Gasteiger partial charge in [-0.25, -0.2) is 0 Å². The van der Waals surface area contributed by atoms with Gasteiger partial charge in [-0.2, -0.15) is 0 Å². The van der Waals surface area contributed by atoms with Crippen LogP contribution in [0.1, 0.15) is 6.42 Å². The first-order chi connectivity index (χ1) is 4.31. The summed E-state index contributed by atoms with van der Waals surface area (Å²) < 4.78 is 0. The number of rotatable bonds is 4. The molecule has 1 amide bonds. The van der Waals surface area contributed by atoms with E-state index in [2.05, 4.69) is 5.32 Å². The van der Waals surface area contributed by atoms with Crippen molar-refractivity contribution in [1.29, 1.82) is 0 Å². The molecule has 4 heteroatoms. The lowest BCUT2D eigenvalue weighted by atomic mass is 10.4. The van der Waals surface area contributed by atoms with Gasteiger partial charge in [-0.1, -0.05) is 0 Å². The van der Waals surface area contributed by atoms with E-state index < -0.39 is 0 Å². The van der Waals surface area contributed by atoms with E-state index in [0.29, 0.717) is 13.1 Å². The first-order valence-corrected chi connectivity index (χ1v) is 2.89. The summed E-state index contributed by atoms with van der Waals surface area (Å²) in [5.41, 5.74) is 5.10. The Hall–Kier alpha value is -0.610. The number of aliphatic hydroxyl groups excluding tert-OH is 1. The SMILES string of the molecule is NCCNC(=O)CCO. The molecule has 0 spiro atoms. The third-order valence-corrected chi connectivity index (χ3v) is 0.805. The number of amides is 1. The highest BCUT2D eigenvalue weighted by Crippen LogP contribution is 1.73. The Morgan fingerprint density at radius 1 is 1.67 bits per heavy atom. The van der Waals surface area contributed by atoms with E-state index in [1.807, 2.05) is 0 Å². The maximum absolute atomic E-state index is 10.5. The van der Waals surface area contributed by atoms with E-state index >= 15 is 0 Å². The number of hydrogen-bond donors (Lipinski definition) is 3. The monoisotopic (exact) mass is 132 g/mol. The second-order valence-electron chi connectivity index (χ2n) is 1.61. The molecule has 54 valence electrons. The quantitative estimate of drug-likeness (QED) is 0.433. The molecular weight excluding hydrogens is 120 g/mol. The molecule has 0 radical (unpaired) electrons. The summed E-state index contributed by atoms with van der Waals surface area (Å²) in [7, 11) is 0. The second-order valence-corrected chi connectivity index (χ2v) is 1.61. The van der Waals surface area contributed by atoms with Gasteiger partial charge in [0.2, 0.25) is 5.91 Å². The minimum atomic E-state index is -0.150. The summed E-state index contributed by atoms with van der Waals surface area (Å²) in [5, 5.41) is 10.8. The highest BCUT2D eigenvalue weighted by atomic mass is 16.3. The van der Waals surface area contributed by atoms with Crippen LogP contribution in [0.2, 0.25) is 0 Å². The van der Waals surface area contributed by atoms with Crippen LogP contribution in [0.4, 0.5) is 0 Å².